The van der Waals surface area contributed by atoms with Gasteiger partial charge in [-0.3, -0.25) is 9.69 Å². The first-order valence-electron chi connectivity index (χ1n) is 12.5. The van der Waals surface area contributed by atoms with E-state index in [2.05, 4.69) is 41.8 Å². The summed E-state index contributed by atoms with van der Waals surface area (Å²) in [7, 11) is 0. The monoisotopic (exact) mass is 502 g/mol. The Balaban J connectivity index is 1.37. The number of halogens is 1. The molecule has 6 heteroatoms. The van der Waals surface area contributed by atoms with E-state index in [1.165, 1.54) is 5.69 Å². The quantitative estimate of drug-likeness (QED) is 0.345. The minimum atomic E-state index is -0.0775. The fourth-order valence-electron chi connectivity index (χ4n) is 4.92. The Hall–Kier alpha value is -3.28. The molecule has 5 nitrogen and oxygen atoms in total. The number of nitrogens with zero attached hydrogens (tertiary/aromatic N) is 2. The number of carbonyl (C=O) groups excluding carboxylic acids is 1. The molecular formula is C30H31ClN2O3. The predicted octanol–water partition coefficient (Wildman–Crippen LogP) is 6.51. The molecule has 0 atom stereocenters. The van der Waals surface area contributed by atoms with E-state index in [1.807, 2.05) is 49.4 Å². The number of carbonyl (C=O) groups is 1. The molecular weight excluding hydrogens is 472 g/mol. The van der Waals surface area contributed by atoms with E-state index in [-0.39, 0.29) is 5.78 Å². The second kappa shape index (κ2) is 10.4. The molecule has 2 aliphatic heterocycles. The van der Waals surface area contributed by atoms with E-state index in [0.717, 1.165) is 59.1 Å². The lowest BCUT2D eigenvalue weighted by molar-refractivity contribution is 0.0949. The Morgan fingerprint density at radius 3 is 2.56 bits per heavy atom. The highest BCUT2D eigenvalue weighted by atomic mass is 35.5. The minimum Gasteiger partial charge on any atom is -0.478 e. The van der Waals surface area contributed by atoms with Crippen LogP contribution in [-0.2, 0) is 13.0 Å². The van der Waals surface area contributed by atoms with E-state index >= 15 is 0 Å². The fourth-order valence-corrected chi connectivity index (χ4v) is 5.15. The zero-order valence-corrected chi connectivity index (χ0v) is 21.8. The van der Waals surface area contributed by atoms with Crippen LogP contribution in [0, 0.1) is 6.92 Å². The van der Waals surface area contributed by atoms with Crippen molar-refractivity contribution in [3.63, 3.8) is 0 Å². The average molecular weight is 503 g/mol. The first-order valence-corrected chi connectivity index (χ1v) is 12.9. The number of aryl methyl sites for hydroxylation is 1. The molecule has 186 valence electrons. The number of Topliss-reactive ketones (excluding diaryl/α,β-unsaturated/α-hetero) is 1. The summed E-state index contributed by atoms with van der Waals surface area (Å²) in [6.45, 7) is 10.1. The van der Waals surface area contributed by atoms with Gasteiger partial charge in [0.15, 0.2) is 5.76 Å². The molecule has 3 aromatic carbocycles. The first-order chi connectivity index (χ1) is 17.5. The van der Waals surface area contributed by atoms with Crippen LogP contribution in [0.3, 0.4) is 0 Å². The van der Waals surface area contributed by atoms with Crippen molar-refractivity contribution >= 4 is 29.1 Å². The van der Waals surface area contributed by atoms with Gasteiger partial charge in [0.05, 0.1) is 11.1 Å². The van der Waals surface area contributed by atoms with E-state index < -0.39 is 0 Å². The Bertz CT molecular complexity index is 1310. The molecule has 0 unspecified atom stereocenters. The van der Waals surface area contributed by atoms with Crippen LogP contribution < -0.4 is 14.4 Å². The standard InChI is InChI=1S/C30H31ClN2O3/c1-4-33(5-2)23-12-10-21(11-13-23)17-27-29(34)28-20(3)16-26-24(30(28)36-27)18-32(19-35-26)15-14-22-8-6-7-9-25(22)31/h6-13,16-17H,4-5,14-15,18-19H2,1-3H3/b27-17-. The largest absolute Gasteiger partial charge is 0.478 e. The number of benzene rings is 3. The summed E-state index contributed by atoms with van der Waals surface area (Å²) in [6, 6.07) is 18.1. The minimum absolute atomic E-state index is 0.0775. The fraction of sp³-hybridized carbons (Fsp3) is 0.300. The van der Waals surface area contributed by atoms with Gasteiger partial charge in [0.1, 0.15) is 18.2 Å². The number of allylic oxidation sites excluding steroid dienone is 1. The van der Waals surface area contributed by atoms with Crippen molar-refractivity contribution in [2.45, 2.75) is 33.7 Å². The normalized spacial score (nSPS) is 15.9. The molecule has 0 saturated heterocycles. The summed E-state index contributed by atoms with van der Waals surface area (Å²) in [5, 5.41) is 0.779. The second-order valence-electron chi connectivity index (χ2n) is 9.25. The van der Waals surface area contributed by atoms with Crippen molar-refractivity contribution < 1.29 is 14.3 Å². The predicted molar refractivity (Wildman–Crippen MR) is 145 cm³/mol. The van der Waals surface area contributed by atoms with Crippen LogP contribution in [0.5, 0.6) is 11.5 Å². The molecule has 0 fully saturated rings. The summed E-state index contributed by atoms with van der Waals surface area (Å²) >= 11 is 6.34. The number of rotatable bonds is 7. The lowest BCUT2D eigenvalue weighted by atomic mass is 9.98. The Morgan fingerprint density at radius 1 is 1.08 bits per heavy atom. The molecule has 0 bridgehead atoms. The molecule has 2 aliphatic rings. The highest BCUT2D eigenvalue weighted by Crippen LogP contribution is 2.44. The van der Waals surface area contributed by atoms with Crippen LogP contribution in [0.1, 0.15) is 46.5 Å². The van der Waals surface area contributed by atoms with Crippen molar-refractivity contribution in [3.05, 3.63) is 93.2 Å². The zero-order chi connectivity index (χ0) is 25.2. The van der Waals surface area contributed by atoms with Crippen molar-refractivity contribution in [3.8, 4) is 11.5 Å². The maximum Gasteiger partial charge on any atom is 0.232 e. The third kappa shape index (κ3) is 4.73. The molecule has 2 heterocycles. The summed E-state index contributed by atoms with van der Waals surface area (Å²) < 4.78 is 12.3. The molecule has 0 radical (unpaired) electrons. The van der Waals surface area contributed by atoms with Crippen LogP contribution >= 0.6 is 11.6 Å². The van der Waals surface area contributed by atoms with Crippen LogP contribution in [0.4, 0.5) is 5.69 Å². The van der Waals surface area contributed by atoms with Gasteiger partial charge < -0.3 is 14.4 Å². The second-order valence-corrected chi connectivity index (χ2v) is 9.65. The van der Waals surface area contributed by atoms with Crippen molar-refractivity contribution in [2.24, 2.45) is 0 Å². The van der Waals surface area contributed by atoms with Gasteiger partial charge in [0.2, 0.25) is 5.78 Å². The van der Waals surface area contributed by atoms with E-state index in [9.17, 15) is 4.79 Å². The lowest BCUT2D eigenvalue weighted by Gasteiger charge is -2.30. The summed E-state index contributed by atoms with van der Waals surface area (Å²) in [5.74, 6) is 1.69. The Labute approximate surface area is 217 Å². The number of ether oxygens (including phenoxy) is 2. The topological polar surface area (TPSA) is 42.0 Å². The van der Waals surface area contributed by atoms with Gasteiger partial charge in [-0.05, 0) is 74.2 Å². The molecule has 0 spiro atoms. The third-order valence-electron chi connectivity index (χ3n) is 6.96. The first kappa shape index (κ1) is 24.4. The molecule has 0 aliphatic carbocycles. The maximum absolute atomic E-state index is 13.3. The van der Waals surface area contributed by atoms with Crippen molar-refractivity contribution in [1.29, 1.82) is 0 Å². The van der Waals surface area contributed by atoms with Gasteiger partial charge >= 0.3 is 0 Å². The maximum atomic E-state index is 13.3. The highest BCUT2D eigenvalue weighted by Gasteiger charge is 2.35. The van der Waals surface area contributed by atoms with Gasteiger partial charge in [0.25, 0.3) is 0 Å². The Morgan fingerprint density at radius 2 is 1.83 bits per heavy atom. The lowest BCUT2D eigenvalue weighted by Crippen LogP contribution is -2.34. The van der Waals surface area contributed by atoms with Gasteiger partial charge in [-0.25, -0.2) is 0 Å². The smallest absolute Gasteiger partial charge is 0.232 e. The SMILES string of the molecule is CCN(CC)c1ccc(/C=C2\Oc3c4c(cc(C)c3C2=O)OCN(CCc2ccccc2Cl)C4)cc1. The summed E-state index contributed by atoms with van der Waals surface area (Å²) in [6.07, 6.45) is 2.65. The van der Waals surface area contributed by atoms with E-state index in [0.29, 0.717) is 30.3 Å². The number of ketones is 1. The molecule has 0 N–H and O–H groups in total. The molecule has 36 heavy (non-hydrogen) atoms. The number of hydrogen-bond acceptors (Lipinski definition) is 5. The molecule has 3 aromatic rings. The van der Waals surface area contributed by atoms with Gasteiger partial charge in [-0.15, -0.1) is 0 Å². The van der Waals surface area contributed by atoms with Crippen LogP contribution in [0.2, 0.25) is 5.02 Å². The van der Waals surface area contributed by atoms with E-state index in [1.54, 1.807) is 0 Å². The van der Waals surface area contributed by atoms with Crippen molar-refractivity contribution in [2.75, 3.05) is 31.3 Å². The molecule has 0 aromatic heterocycles. The average Bonchev–Trinajstić information content (AvgIpc) is 3.22. The number of fused-ring (bicyclic) bond motifs is 3. The molecule has 0 amide bonds. The van der Waals surface area contributed by atoms with Crippen molar-refractivity contribution in [1.82, 2.24) is 4.90 Å². The van der Waals surface area contributed by atoms with Gasteiger partial charge in [-0.1, -0.05) is 41.9 Å². The molecule has 0 saturated carbocycles. The third-order valence-corrected chi connectivity index (χ3v) is 7.33. The number of hydrogen-bond donors (Lipinski definition) is 0. The van der Waals surface area contributed by atoms with Crippen LogP contribution in [-0.4, -0.2) is 37.0 Å². The van der Waals surface area contributed by atoms with Gasteiger partial charge in [-0.2, -0.15) is 0 Å². The Kier molecular flexibility index (Phi) is 7.04. The van der Waals surface area contributed by atoms with Gasteiger partial charge in [0, 0.05) is 36.9 Å². The summed E-state index contributed by atoms with van der Waals surface area (Å²) in [5.41, 5.74) is 5.65. The molecule has 5 rings (SSSR count). The number of anilines is 1. The van der Waals surface area contributed by atoms with E-state index in [4.69, 9.17) is 21.1 Å². The summed E-state index contributed by atoms with van der Waals surface area (Å²) in [4.78, 5) is 17.8. The van der Waals surface area contributed by atoms with Crippen LogP contribution in [0.25, 0.3) is 6.08 Å². The highest BCUT2D eigenvalue weighted by molar-refractivity contribution is 6.31. The zero-order valence-electron chi connectivity index (χ0n) is 21.0. The van der Waals surface area contributed by atoms with Crippen LogP contribution in [0.15, 0.2) is 60.4 Å².